The summed E-state index contributed by atoms with van der Waals surface area (Å²) in [5.41, 5.74) is 4.57. The Hall–Kier alpha value is -3.98. The number of benzene rings is 3. The predicted octanol–water partition coefficient (Wildman–Crippen LogP) is 6.57. The van der Waals surface area contributed by atoms with E-state index in [1.54, 1.807) is 4.90 Å². The van der Waals surface area contributed by atoms with Crippen LogP contribution in [-0.4, -0.2) is 38.5 Å². The van der Waals surface area contributed by atoms with E-state index in [0.717, 1.165) is 62.9 Å². The van der Waals surface area contributed by atoms with E-state index < -0.39 is 0 Å². The second-order valence-corrected chi connectivity index (χ2v) is 9.98. The first kappa shape index (κ1) is 25.7. The Kier molecular flexibility index (Phi) is 7.83. The largest absolute Gasteiger partial charge is 0.486 e. The molecule has 0 aliphatic heterocycles. The lowest BCUT2D eigenvalue weighted by Crippen LogP contribution is -2.27. The van der Waals surface area contributed by atoms with Crippen LogP contribution >= 0.6 is 15.9 Å². The minimum Gasteiger partial charge on any atom is -0.486 e. The first-order valence-electron chi connectivity index (χ1n) is 12.5. The van der Waals surface area contributed by atoms with Crippen LogP contribution in [0.3, 0.4) is 0 Å². The Labute approximate surface area is 229 Å². The van der Waals surface area contributed by atoms with Crippen molar-refractivity contribution in [3.63, 3.8) is 0 Å². The summed E-state index contributed by atoms with van der Waals surface area (Å²) in [6.45, 7) is 2.88. The predicted molar refractivity (Wildman–Crippen MR) is 149 cm³/mol. The molecular weight excluding hydrogens is 546 g/mol. The Morgan fingerprint density at radius 2 is 1.87 bits per heavy atom. The normalized spacial score (nSPS) is 11.1. The van der Waals surface area contributed by atoms with Gasteiger partial charge in [-0.2, -0.15) is 0 Å². The molecule has 0 atom stereocenters. The first-order valence-corrected chi connectivity index (χ1v) is 13.3. The molecule has 0 saturated carbocycles. The zero-order valence-electron chi connectivity index (χ0n) is 21.3. The van der Waals surface area contributed by atoms with Crippen LogP contribution in [0.25, 0.3) is 22.1 Å². The average Bonchev–Trinajstić information content (AvgIpc) is 3.59. The number of tetrazole rings is 1. The number of rotatable bonds is 10. The van der Waals surface area contributed by atoms with Gasteiger partial charge in [-0.1, -0.05) is 71.7 Å². The van der Waals surface area contributed by atoms with E-state index in [1.165, 1.54) is 0 Å². The topological polar surface area (TPSA) is 97.1 Å². The zero-order chi connectivity index (χ0) is 26.5. The molecule has 38 heavy (non-hydrogen) atoms. The number of amides is 1. The number of aromatic nitrogens is 4. The number of carbonyl (C=O) groups excluding carboxylic acids is 1. The molecule has 3 aromatic carbocycles. The highest BCUT2D eigenvalue weighted by Gasteiger charge is 2.23. The van der Waals surface area contributed by atoms with Crippen molar-refractivity contribution in [1.82, 2.24) is 25.5 Å². The molecule has 1 amide bonds. The number of hydrogen-bond donors (Lipinski definition) is 1. The molecule has 2 aromatic heterocycles. The summed E-state index contributed by atoms with van der Waals surface area (Å²) in [6, 6.07) is 21.8. The fraction of sp³-hybridized carbons (Fsp3) is 0.241. The van der Waals surface area contributed by atoms with Crippen LogP contribution in [0.15, 0.2) is 75.6 Å². The summed E-state index contributed by atoms with van der Waals surface area (Å²) < 4.78 is 12.7. The number of hydrogen-bond acceptors (Lipinski definition) is 6. The Morgan fingerprint density at radius 1 is 1.08 bits per heavy atom. The SMILES string of the molecule is CCCCc1oc2ccccc2c1C(=O)N(C)Cc1ccc(-c2ccc(OCc3nnn[nH]3)cc2)cc1Br. The summed E-state index contributed by atoms with van der Waals surface area (Å²) in [7, 11) is 1.83. The van der Waals surface area contributed by atoms with Gasteiger partial charge in [0, 0.05) is 29.9 Å². The summed E-state index contributed by atoms with van der Waals surface area (Å²) in [4.78, 5) is 15.3. The molecule has 1 N–H and O–H groups in total. The summed E-state index contributed by atoms with van der Waals surface area (Å²) in [5, 5.41) is 14.4. The molecule has 8 nitrogen and oxygen atoms in total. The number of carbonyl (C=O) groups is 1. The third-order valence-electron chi connectivity index (χ3n) is 6.40. The van der Waals surface area contributed by atoms with Crippen molar-refractivity contribution in [2.75, 3.05) is 7.05 Å². The molecule has 0 bridgehead atoms. The molecule has 5 rings (SSSR count). The molecule has 0 spiro atoms. The number of nitrogens with one attached hydrogen (secondary N) is 1. The summed E-state index contributed by atoms with van der Waals surface area (Å²) >= 11 is 3.72. The minimum atomic E-state index is -0.0336. The van der Waals surface area contributed by atoms with Crippen LogP contribution in [0.2, 0.25) is 0 Å². The highest BCUT2D eigenvalue weighted by Crippen LogP contribution is 2.31. The average molecular weight is 574 g/mol. The van der Waals surface area contributed by atoms with Gasteiger partial charge in [0.05, 0.1) is 5.56 Å². The van der Waals surface area contributed by atoms with Crippen molar-refractivity contribution in [1.29, 1.82) is 0 Å². The Morgan fingerprint density at radius 3 is 2.61 bits per heavy atom. The van der Waals surface area contributed by atoms with E-state index >= 15 is 0 Å². The van der Waals surface area contributed by atoms with Gasteiger partial charge in [-0.05, 0) is 57.8 Å². The molecule has 0 aliphatic rings. The minimum absolute atomic E-state index is 0.0336. The lowest BCUT2D eigenvalue weighted by molar-refractivity contribution is 0.0784. The molecule has 0 aliphatic carbocycles. The maximum absolute atomic E-state index is 13.6. The zero-order valence-corrected chi connectivity index (χ0v) is 22.9. The third kappa shape index (κ3) is 5.62. The Bertz CT molecular complexity index is 1530. The molecule has 2 heterocycles. The third-order valence-corrected chi connectivity index (χ3v) is 7.14. The first-order chi connectivity index (χ1) is 18.5. The number of halogens is 1. The number of para-hydroxylation sites is 1. The molecule has 0 unspecified atom stereocenters. The van der Waals surface area contributed by atoms with Gasteiger partial charge in [-0.15, -0.1) is 5.10 Å². The smallest absolute Gasteiger partial charge is 0.258 e. The summed E-state index contributed by atoms with van der Waals surface area (Å²) in [5.74, 6) is 2.03. The number of ether oxygens (including phenoxy) is 1. The molecular formula is C29H28BrN5O3. The van der Waals surface area contributed by atoms with E-state index in [1.807, 2.05) is 55.6 Å². The molecule has 9 heteroatoms. The van der Waals surface area contributed by atoms with Gasteiger partial charge in [0.25, 0.3) is 5.91 Å². The van der Waals surface area contributed by atoms with E-state index in [4.69, 9.17) is 9.15 Å². The highest BCUT2D eigenvalue weighted by molar-refractivity contribution is 9.10. The van der Waals surface area contributed by atoms with Gasteiger partial charge < -0.3 is 14.1 Å². The number of nitrogens with zero attached hydrogens (tertiary/aromatic N) is 4. The molecule has 5 aromatic rings. The highest BCUT2D eigenvalue weighted by atomic mass is 79.9. The monoisotopic (exact) mass is 573 g/mol. The number of H-pyrrole nitrogens is 1. The van der Waals surface area contributed by atoms with Crippen molar-refractivity contribution in [2.24, 2.45) is 0 Å². The van der Waals surface area contributed by atoms with Crippen molar-refractivity contribution >= 4 is 32.8 Å². The molecule has 0 saturated heterocycles. The van der Waals surface area contributed by atoms with Crippen LogP contribution in [0.4, 0.5) is 0 Å². The van der Waals surface area contributed by atoms with Crippen molar-refractivity contribution in [3.05, 3.63) is 93.9 Å². The van der Waals surface area contributed by atoms with Crippen LogP contribution in [-0.2, 0) is 19.6 Å². The van der Waals surface area contributed by atoms with E-state index in [-0.39, 0.29) is 12.5 Å². The fourth-order valence-electron chi connectivity index (χ4n) is 4.35. The van der Waals surface area contributed by atoms with Gasteiger partial charge in [-0.3, -0.25) is 4.79 Å². The van der Waals surface area contributed by atoms with Gasteiger partial charge in [0.15, 0.2) is 5.82 Å². The fourth-order valence-corrected chi connectivity index (χ4v) is 4.86. The lowest BCUT2D eigenvalue weighted by atomic mass is 10.0. The number of aromatic amines is 1. The number of furan rings is 1. The molecule has 194 valence electrons. The second-order valence-electron chi connectivity index (χ2n) is 9.13. The maximum Gasteiger partial charge on any atom is 0.258 e. The van der Waals surface area contributed by atoms with Crippen LogP contribution in [0.5, 0.6) is 5.75 Å². The van der Waals surface area contributed by atoms with Crippen molar-refractivity contribution < 1.29 is 13.9 Å². The van der Waals surface area contributed by atoms with Crippen molar-refractivity contribution in [2.45, 2.75) is 39.3 Å². The van der Waals surface area contributed by atoms with Gasteiger partial charge in [-0.25, -0.2) is 5.10 Å². The number of unbranched alkanes of at least 4 members (excludes halogenated alkanes) is 1. The second kappa shape index (κ2) is 11.6. The summed E-state index contributed by atoms with van der Waals surface area (Å²) in [6.07, 6.45) is 2.76. The lowest BCUT2D eigenvalue weighted by Gasteiger charge is -2.19. The molecule has 0 radical (unpaired) electrons. The number of fused-ring (bicyclic) bond motifs is 1. The van der Waals surface area contributed by atoms with E-state index in [2.05, 4.69) is 61.7 Å². The van der Waals surface area contributed by atoms with Crippen LogP contribution in [0.1, 0.15) is 47.3 Å². The van der Waals surface area contributed by atoms with Crippen molar-refractivity contribution in [3.8, 4) is 16.9 Å². The van der Waals surface area contributed by atoms with Gasteiger partial charge >= 0.3 is 0 Å². The number of aryl methyl sites for hydroxylation is 1. The standard InChI is InChI=1S/C29H28BrN5O3/c1-3-4-8-26-28(23-7-5-6-9-25(23)38-26)29(36)35(2)17-21-11-10-20(16-24(21)30)19-12-14-22(15-13-19)37-18-27-31-33-34-32-27/h5-7,9-16H,3-4,8,17-18H2,1-2H3,(H,31,32,33,34). The molecule has 0 fully saturated rings. The maximum atomic E-state index is 13.6. The van der Waals surface area contributed by atoms with E-state index in [9.17, 15) is 4.79 Å². The van der Waals surface area contributed by atoms with Gasteiger partial charge in [0.2, 0.25) is 0 Å². The van der Waals surface area contributed by atoms with Crippen LogP contribution < -0.4 is 4.74 Å². The van der Waals surface area contributed by atoms with Gasteiger partial charge in [0.1, 0.15) is 23.7 Å². The Balaban J connectivity index is 1.29. The quantitative estimate of drug-likeness (QED) is 0.203. The van der Waals surface area contributed by atoms with Crippen LogP contribution in [0, 0.1) is 0 Å². The van der Waals surface area contributed by atoms with E-state index in [0.29, 0.717) is 17.9 Å².